The van der Waals surface area contributed by atoms with E-state index in [2.05, 4.69) is 13.8 Å². The lowest BCUT2D eigenvalue weighted by Gasteiger charge is -2.37. The number of carbonyl (C=O) groups is 1. The van der Waals surface area contributed by atoms with Gasteiger partial charge in [-0.3, -0.25) is 4.79 Å². The van der Waals surface area contributed by atoms with Crippen molar-refractivity contribution in [1.82, 2.24) is 0 Å². The molecule has 0 N–H and O–H groups in total. The van der Waals surface area contributed by atoms with Gasteiger partial charge in [-0.25, -0.2) is 0 Å². The smallest absolute Gasteiger partial charge is 0.309 e. The molecule has 2 heteroatoms. The molecule has 3 aliphatic carbocycles. The molecule has 0 aromatic rings. The molecular weight excluding hydrogens is 368 g/mol. The maximum atomic E-state index is 12.6. The van der Waals surface area contributed by atoms with Gasteiger partial charge in [0.1, 0.15) is 6.10 Å². The summed E-state index contributed by atoms with van der Waals surface area (Å²) >= 11 is 0. The molecule has 0 amide bonds. The van der Waals surface area contributed by atoms with Crippen LogP contribution in [0.25, 0.3) is 0 Å². The van der Waals surface area contributed by atoms with Gasteiger partial charge in [0.2, 0.25) is 0 Å². The summed E-state index contributed by atoms with van der Waals surface area (Å²) < 4.78 is 5.90. The van der Waals surface area contributed by atoms with E-state index in [0.29, 0.717) is 0 Å². The molecule has 0 aliphatic heterocycles. The summed E-state index contributed by atoms with van der Waals surface area (Å²) in [5, 5.41) is 0. The maximum Gasteiger partial charge on any atom is 0.309 e. The fourth-order valence-electron chi connectivity index (χ4n) is 6.60. The van der Waals surface area contributed by atoms with Gasteiger partial charge in [0.05, 0.1) is 5.92 Å². The van der Waals surface area contributed by atoms with Crippen LogP contribution in [0, 0.1) is 29.6 Å². The highest BCUT2D eigenvalue weighted by Crippen LogP contribution is 2.42. The summed E-state index contributed by atoms with van der Waals surface area (Å²) in [7, 11) is 0. The zero-order chi connectivity index (χ0) is 21.2. The topological polar surface area (TPSA) is 26.3 Å². The van der Waals surface area contributed by atoms with Gasteiger partial charge in [-0.2, -0.15) is 0 Å². The van der Waals surface area contributed by atoms with Crippen LogP contribution in [0.15, 0.2) is 0 Å². The zero-order valence-electron chi connectivity index (χ0n) is 20.2. The summed E-state index contributed by atoms with van der Waals surface area (Å²) in [6.45, 7) is 4.62. The summed E-state index contributed by atoms with van der Waals surface area (Å²) in [4.78, 5) is 12.6. The van der Waals surface area contributed by atoms with Crippen molar-refractivity contribution in [3.8, 4) is 0 Å². The first-order valence-corrected chi connectivity index (χ1v) is 13.9. The van der Waals surface area contributed by atoms with Crippen molar-refractivity contribution in [2.45, 2.75) is 142 Å². The van der Waals surface area contributed by atoms with Crippen LogP contribution in [-0.2, 0) is 9.53 Å². The monoisotopic (exact) mass is 418 g/mol. The molecule has 0 atom stereocenters. The number of rotatable bonds is 10. The highest BCUT2D eigenvalue weighted by molar-refractivity contribution is 5.72. The normalized spacial score (nSPS) is 35.1. The summed E-state index contributed by atoms with van der Waals surface area (Å²) in [5.74, 6) is 4.00. The summed E-state index contributed by atoms with van der Waals surface area (Å²) in [6, 6.07) is 0. The molecule has 0 spiro atoms. The van der Waals surface area contributed by atoms with Crippen molar-refractivity contribution in [2.24, 2.45) is 29.6 Å². The van der Waals surface area contributed by atoms with E-state index in [1.165, 1.54) is 96.3 Å². The Labute approximate surface area is 187 Å². The van der Waals surface area contributed by atoms with Crippen LogP contribution < -0.4 is 0 Å². The summed E-state index contributed by atoms with van der Waals surface area (Å²) in [6.07, 6.45) is 25.5. The highest BCUT2D eigenvalue weighted by Gasteiger charge is 2.34. The molecule has 3 rings (SSSR count). The van der Waals surface area contributed by atoms with Crippen LogP contribution in [0.5, 0.6) is 0 Å². The van der Waals surface area contributed by atoms with Crippen molar-refractivity contribution in [3.05, 3.63) is 0 Å². The quantitative estimate of drug-likeness (QED) is 0.263. The Balaban J connectivity index is 1.26. The molecular formula is C28H50O2. The molecule has 3 fully saturated rings. The number of hydrogen-bond acceptors (Lipinski definition) is 2. The predicted octanol–water partition coefficient (Wildman–Crippen LogP) is 8.47. The lowest BCUT2D eigenvalue weighted by molar-refractivity contribution is -0.157. The first kappa shape index (κ1) is 24.1. The fourth-order valence-corrected chi connectivity index (χ4v) is 6.60. The van der Waals surface area contributed by atoms with E-state index in [-0.39, 0.29) is 18.0 Å². The Kier molecular flexibility index (Phi) is 10.5. The van der Waals surface area contributed by atoms with Crippen molar-refractivity contribution in [2.75, 3.05) is 0 Å². The van der Waals surface area contributed by atoms with Crippen LogP contribution in [0.1, 0.15) is 136 Å². The Hall–Kier alpha value is -0.530. The van der Waals surface area contributed by atoms with E-state index < -0.39 is 0 Å². The highest BCUT2D eigenvalue weighted by atomic mass is 16.5. The van der Waals surface area contributed by atoms with Crippen LogP contribution in [0.4, 0.5) is 0 Å². The molecule has 3 aliphatic rings. The van der Waals surface area contributed by atoms with Crippen molar-refractivity contribution in [1.29, 1.82) is 0 Å². The third-order valence-electron chi connectivity index (χ3n) is 8.87. The predicted molar refractivity (Wildman–Crippen MR) is 126 cm³/mol. The zero-order valence-corrected chi connectivity index (χ0v) is 20.2. The van der Waals surface area contributed by atoms with Crippen molar-refractivity contribution in [3.63, 3.8) is 0 Å². The number of unbranched alkanes of at least 4 members (excludes halogenated alkanes) is 5. The maximum absolute atomic E-state index is 12.6. The van der Waals surface area contributed by atoms with E-state index in [1.54, 1.807) is 0 Å². The third kappa shape index (κ3) is 7.86. The SMILES string of the molecule is CCCCCCCCC1CCC(C2CCC(C(=O)OC3CCC(C)CC3)CC2)CC1. The van der Waals surface area contributed by atoms with Gasteiger partial charge < -0.3 is 4.74 Å². The van der Waals surface area contributed by atoms with Crippen LogP contribution >= 0.6 is 0 Å². The third-order valence-corrected chi connectivity index (χ3v) is 8.87. The molecule has 174 valence electrons. The van der Waals surface area contributed by atoms with E-state index in [1.807, 2.05) is 0 Å². The Morgan fingerprint density at radius 1 is 0.700 bits per heavy atom. The van der Waals surface area contributed by atoms with E-state index in [9.17, 15) is 4.79 Å². The molecule has 0 radical (unpaired) electrons. The van der Waals surface area contributed by atoms with E-state index in [0.717, 1.165) is 49.4 Å². The Morgan fingerprint density at radius 2 is 1.27 bits per heavy atom. The number of hydrogen-bond donors (Lipinski definition) is 0. The van der Waals surface area contributed by atoms with Gasteiger partial charge in [0.15, 0.2) is 0 Å². The molecule has 3 saturated carbocycles. The Morgan fingerprint density at radius 3 is 1.90 bits per heavy atom. The molecule has 0 heterocycles. The van der Waals surface area contributed by atoms with E-state index >= 15 is 0 Å². The molecule has 0 aromatic carbocycles. The van der Waals surface area contributed by atoms with Gasteiger partial charge in [-0.1, -0.05) is 71.6 Å². The van der Waals surface area contributed by atoms with Crippen LogP contribution in [0.3, 0.4) is 0 Å². The standard InChI is InChI=1S/C28H50O2/c1-3-4-5-6-7-8-9-23-12-14-24(15-13-23)25-16-18-26(19-17-25)28(29)30-27-20-10-22(2)11-21-27/h22-27H,3-21H2,1-2H3. The van der Waals surface area contributed by atoms with Crippen molar-refractivity contribution >= 4 is 5.97 Å². The number of esters is 1. The fraction of sp³-hybridized carbons (Fsp3) is 0.964. The van der Waals surface area contributed by atoms with Gasteiger partial charge in [0, 0.05) is 0 Å². The first-order valence-electron chi connectivity index (χ1n) is 13.9. The van der Waals surface area contributed by atoms with Gasteiger partial charge in [0.25, 0.3) is 0 Å². The molecule has 0 bridgehead atoms. The molecule has 0 aromatic heterocycles. The largest absolute Gasteiger partial charge is 0.462 e. The second kappa shape index (κ2) is 13.1. The van der Waals surface area contributed by atoms with Crippen molar-refractivity contribution < 1.29 is 9.53 Å². The second-order valence-electron chi connectivity index (χ2n) is 11.3. The number of carbonyl (C=O) groups excluding carboxylic acids is 1. The minimum Gasteiger partial charge on any atom is -0.462 e. The molecule has 0 unspecified atom stereocenters. The average Bonchev–Trinajstić information content (AvgIpc) is 2.78. The average molecular weight is 419 g/mol. The number of ether oxygens (including phenoxy) is 1. The van der Waals surface area contributed by atoms with Crippen LogP contribution in [-0.4, -0.2) is 12.1 Å². The Bertz CT molecular complexity index is 463. The molecule has 0 saturated heterocycles. The lowest BCUT2D eigenvalue weighted by Crippen LogP contribution is -2.32. The van der Waals surface area contributed by atoms with Crippen LogP contribution in [0.2, 0.25) is 0 Å². The van der Waals surface area contributed by atoms with Gasteiger partial charge in [-0.15, -0.1) is 0 Å². The minimum absolute atomic E-state index is 0.135. The molecule has 30 heavy (non-hydrogen) atoms. The van der Waals surface area contributed by atoms with E-state index in [4.69, 9.17) is 4.74 Å². The summed E-state index contributed by atoms with van der Waals surface area (Å²) in [5.41, 5.74) is 0. The second-order valence-corrected chi connectivity index (χ2v) is 11.3. The van der Waals surface area contributed by atoms with Gasteiger partial charge in [-0.05, 0) is 87.9 Å². The lowest BCUT2D eigenvalue weighted by atomic mass is 9.68. The molecule has 2 nitrogen and oxygen atoms in total. The van der Waals surface area contributed by atoms with Gasteiger partial charge >= 0.3 is 5.97 Å². The minimum atomic E-state index is 0.135. The first-order chi connectivity index (χ1) is 14.7.